The topological polar surface area (TPSA) is 79.9 Å². The van der Waals surface area contributed by atoms with Crippen molar-refractivity contribution in [3.63, 3.8) is 0 Å². The summed E-state index contributed by atoms with van der Waals surface area (Å²) in [6, 6.07) is 5.92. The highest BCUT2D eigenvalue weighted by Crippen LogP contribution is 2.23. The molecule has 2 aromatic heterocycles. The molecule has 7 heteroatoms. The minimum Gasteiger partial charge on any atom is -0.497 e. The first-order valence-corrected chi connectivity index (χ1v) is 8.23. The van der Waals surface area contributed by atoms with Crippen molar-refractivity contribution in [2.24, 2.45) is 0 Å². The molecule has 23 heavy (non-hydrogen) atoms. The normalized spacial score (nSPS) is 10.9. The fourth-order valence-corrected chi connectivity index (χ4v) is 3.16. The number of nitrogens with one attached hydrogen (secondary N) is 2. The molecule has 0 fully saturated rings. The molecule has 3 rings (SSSR count). The van der Waals surface area contributed by atoms with Crippen LogP contribution in [0.1, 0.15) is 27.9 Å². The zero-order valence-corrected chi connectivity index (χ0v) is 13.9. The summed E-state index contributed by atoms with van der Waals surface area (Å²) in [5.74, 6) is 0.722. The number of aromatic nitrogens is 3. The zero-order chi connectivity index (χ0) is 16.2. The molecule has 1 aromatic carbocycles. The van der Waals surface area contributed by atoms with E-state index in [0.717, 1.165) is 45.9 Å². The Hall–Kier alpha value is -2.41. The van der Waals surface area contributed by atoms with Crippen LogP contribution in [0.4, 0.5) is 0 Å². The highest BCUT2D eigenvalue weighted by Gasteiger charge is 2.14. The third-order valence-corrected chi connectivity index (χ3v) is 4.52. The van der Waals surface area contributed by atoms with Gasteiger partial charge in [-0.25, -0.2) is 0 Å². The van der Waals surface area contributed by atoms with E-state index in [1.807, 2.05) is 31.3 Å². The lowest BCUT2D eigenvalue weighted by molar-refractivity contribution is 0.0957. The van der Waals surface area contributed by atoms with Crippen LogP contribution in [-0.4, -0.2) is 34.1 Å². The Bertz CT molecular complexity index is 824. The van der Waals surface area contributed by atoms with Gasteiger partial charge in [0.2, 0.25) is 0 Å². The number of aromatic amines is 1. The van der Waals surface area contributed by atoms with Gasteiger partial charge in [-0.1, -0.05) is 11.4 Å². The maximum atomic E-state index is 12.2. The molecule has 0 radical (unpaired) electrons. The van der Waals surface area contributed by atoms with Gasteiger partial charge in [0.05, 0.1) is 12.8 Å². The standard InChI is InChI=1S/C16H18N4O2S/c1-3-13-15(23-20-19-13)16(21)17-7-6-10-9-18-14-5-4-11(22-2)8-12(10)14/h4-5,8-9,18H,3,6-7H2,1-2H3,(H,17,21). The second kappa shape index (κ2) is 6.78. The summed E-state index contributed by atoms with van der Waals surface area (Å²) in [5.41, 5.74) is 2.97. The van der Waals surface area contributed by atoms with Crippen molar-refractivity contribution >= 4 is 28.3 Å². The van der Waals surface area contributed by atoms with Crippen LogP contribution >= 0.6 is 11.5 Å². The van der Waals surface area contributed by atoms with Crippen molar-refractivity contribution < 1.29 is 9.53 Å². The van der Waals surface area contributed by atoms with Gasteiger partial charge in [-0.15, -0.1) is 5.10 Å². The van der Waals surface area contributed by atoms with E-state index < -0.39 is 0 Å². The minimum atomic E-state index is -0.103. The molecule has 0 atom stereocenters. The molecule has 0 aliphatic heterocycles. The summed E-state index contributed by atoms with van der Waals surface area (Å²) in [6.07, 6.45) is 3.43. The number of nitrogens with zero attached hydrogens (tertiary/aromatic N) is 2. The molecular weight excluding hydrogens is 312 g/mol. The lowest BCUT2D eigenvalue weighted by atomic mass is 10.1. The van der Waals surface area contributed by atoms with Crippen LogP contribution < -0.4 is 10.1 Å². The highest BCUT2D eigenvalue weighted by molar-refractivity contribution is 7.08. The Morgan fingerprint density at radius 1 is 1.43 bits per heavy atom. The predicted octanol–water partition coefficient (Wildman–Crippen LogP) is 2.56. The summed E-state index contributed by atoms with van der Waals surface area (Å²) >= 11 is 1.14. The highest BCUT2D eigenvalue weighted by atomic mass is 32.1. The van der Waals surface area contributed by atoms with Crippen molar-refractivity contribution in [2.75, 3.05) is 13.7 Å². The average Bonchev–Trinajstić information content (AvgIpc) is 3.21. The lowest BCUT2D eigenvalue weighted by Crippen LogP contribution is -2.25. The summed E-state index contributed by atoms with van der Waals surface area (Å²) in [6.45, 7) is 2.52. The monoisotopic (exact) mass is 330 g/mol. The number of aryl methyl sites for hydroxylation is 1. The van der Waals surface area contributed by atoms with Gasteiger partial charge in [0.25, 0.3) is 5.91 Å². The van der Waals surface area contributed by atoms with Crippen molar-refractivity contribution in [3.05, 3.63) is 40.5 Å². The molecule has 0 spiro atoms. The molecule has 0 bridgehead atoms. The van der Waals surface area contributed by atoms with Gasteiger partial charge in [-0.2, -0.15) is 0 Å². The largest absolute Gasteiger partial charge is 0.497 e. The van der Waals surface area contributed by atoms with Crippen molar-refractivity contribution in [1.82, 2.24) is 19.9 Å². The molecule has 0 unspecified atom stereocenters. The number of H-pyrrole nitrogens is 1. The molecular formula is C16H18N4O2S. The van der Waals surface area contributed by atoms with Crippen molar-refractivity contribution in [2.45, 2.75) is 19.8 Å². The quantitative estimate of drug-likeness (QED) is 0.728. The number of rotatable bonds is 6. The number of hydrogen-bond acceptors (Lipinski definition) is 5. The van der Waals surface area contributed by atoms with E-state index in [0.29, 0.717) is 17.8 Å². The van der Waals surface area contributed by atoms with Gasteiger partial charge in [0, 0.05) is 23.6 Å². The molecule has 0 saturated heterocycles. The van der Waals surface area contributed by atoms with Crippen LogP contribution in [0.15, 0.2) is 24.4 Å². The van der Waals surface area contributed by atoms with E-state index in [9.17, 15) is 4.79 Å². The number of ether oxygens (including phenoxy) is 1. The summed E-state index contributed by atoms with van der Waals surface area (Å²) in [4.78, 5) is 16.0. The second-order valence-corrected chi connectivity index (χ2v) is 5.89. The van der Waals surface area contributed by atoms with Crippen LogP contribution in [-0.2, 0) is 12.8 Å². The van der Waals surface area contributed by atoms with E-state index in [2.05, 4.69) is 19.9 Å². The molecule has 120 valence electrons. The smallest absolute Gasteiger partial charge is 0.264 e. The molecule has 0 aliphatic rings. The number of benzene rings is 1. The Morgan fingerprint density at radius 3 is 3.09 bits per heavy atom. The van der Waals surface area contributed by atoms with Gasteiger partial charge in [0.1, 0.15) is 10.6 Å². The Labute approximate surface area is 138 Å². The Morgan fingerprint density at radius 2 is 2.30 bits per heavy atom. The Kier molecular flexibility index (Phi) is 4.57. The maximum Gasteiger partial charge on any atom is 0.264 e. The molecule has 1 amide bonds. The van der Waals surface area contributed by atoms with Gasteiger partial charge < -0.3 is 15.0 Å². The first-order valence-electron chi connectivity index (χ1n) is 7.46. The molecule has 3 aromatic rings. The molecule has 0 saturated carbocycles. The van der Waals surface area contributed by atoms with E-state index in [1.54, 1.807) is 7.11 Å². The van der Waals surface area contributed by atoms with E-state index in [-0.39, 0.29) is 5.91 Å². The van der Waals surface area contributed by atoms with Crippen molar-refractivity contribution in [3.8, 4) is 5.75 Å². The zero-order valence-electron chi connectivity index (χ0n) is 13.0. The summed E-state index contributed by atoms with van der Waals surface area (Å²) in [7, 11) is 1.65. The number of carbonyl (C=O) groups is 1. The summed E-state index contributed by atoms with van der Waals surface area (Å²) < 4.78 is 9.11. The molecule has 2 N–H and O–H groups in total. The van der Waals surface area contributed by atoms with Crippen LogP contribution in [0.5, 0.6) is 5.75 Å². The fraction of sp³-hybridized carbons (Fsp3) is 0.312. The van der Waals surface area contributed by atoms with Crippen molar-refractivity contribution in [1.29, 1.82) is 0 Å². The number of amides is 1. The predicted molar refractivity (Wildman–Crippen MR) is 90.2 cm³/mol. The number of hydrogen-bond donors (Lipinski definition) is 2. The molecule has 2 heterocycles. The third kappa shape index (κ3) is 3.19. The van der Waals surface area contributed by atoms with E-state index >= 15 is 0 Å². The average molecular weight is 330 g/mol. The first kappa shape index (κ1) is 15.5. The molecule has 0 aliphatic carbocycles. The van der Waals surface area contributed by atoms with Gasteiger partial charge in [-0.3, -0.25) is 4.79 Å². The van der Waals surface area contributed by atoms with Crippen LogP contribution in [0.3, 0.4) is 0 Å². The minimum absolute atomic E-state index is 0.103. The third-order valence-electron chi connectivity index (χ3n) is 3.75. The SMILES string of the molecule is CCc1nnsc1C(=O)NCCc1c[nH]c2ccc(OC)cc12. The molecule has 6 nitrogen and oxygen atoms in total. The van der Waals surface area contributed by atoms with Crippen LogP contribution in [0.2, 0.25) is 0 Å². The lowest BCUT2D eigenvalue weighted by Gasteiger charge is -2.04. The van der Waals surface area contributed by atoms with E-state index in [1.165, 1.54) is 0 Å². The van der Waals surface area contributed by atoms with E-state index in [4.69, 9.17) is 4.74 Å². The second-order valence-electron chi connectivity index (χ2n) is 5.13. The maximum absolute atomic E-state index is 12.2. The Balaban J connectivity index is 1.66. The number of carbonyl (C=O) groups excluding carboxylic acids is 1. The van der Waals surface area contributed by atoms with Gasteiger partial charge in [-0.05, 0) is 48.1 Å². The summed E-state index contributed by atoms with van der Waals surface area (Å²) in [5, 5.41) is 8.02. The van der Waals surface area contributed by atoms with Crippen LogP contribution in [0.25, 0.3) is 10.9 Å². The first-order chi connectivity index (χ1) is 11.2. The number of fused-ring (bicyclic) bond motifs is 1. The fourth-order valence-electron chi connectivity index (χ4n) is 2.49. The van der Waals surface area contributed by atoms with Gasteiger partial charge in [0.15, 0.2) is 0 Å². The number of methoxy groups -OCH3 is 1. The van der Waals surface area contributed by atoms with Crippen LogP contribution in [0, 0.1) is 0 Å². The van der Waals surface area contributed by atoms with Gasteiger partial charge >= 0.3 is 0 Å².